The van der Waals surface area contributed by atoms with Crippen LogP contribution in [0.25, 0.3) is 0 Å². The van der Waals surface area contributed by atoms with Crippen LogP contribution >= 0.6 is 0 Å². The SMILES string of the molecule is CCC1CCC(N(C(=O)c2ccc(S(C)(=O)=O)cc2)C2CC2)CC1. The Morgan fingerprint density at radius 2 is 1.50 bits per heavy atom. The summed E-state index contributed by atoms with van der Waals surface area (Å²) in [5, 5.41) is 0. The zero-order valence-electron chi connectivity index (χ0n) is 14.6. The number of hydrogen-bond acceptors (Lipinski definition) is 3. The Morgan fingerprint density at radius 1 is 1.00 bits per heavy atom. The molecule has 0 bridgehead atoms. The normalized spacial score (nSPS) is 24.6. The van der Waals surface area contributed by atoms with E-state index in [1.807, 2.05) is 0 Å². The van der Waals surface area contributed by atoms with Crippen LogP contribution in [0.4, 0.5) is 0 Å². The molecule has 0 unspecified atom stereocenters. The molecule has 5 heteroatoms. The van der Waals surface area contributed by atoms with Gasteiger partial charge in [-0.2, -0.15) is 0 Å². The lowest BCUT2D eigenvalue weighted by molar-refractivity contribution is 0.0587. The molecule has 0 saturated heterocycles. The molecule has 0 radical (unpaired) electrons. The summed E-state index contributed by atoms with van der Waals surface area (Å²) in [6, 6.07) is 7.14. The Bertz CT molecular complexity index is 684. The average molecular weight is 349 g/mol. The van der Waals surface area contributed by atoms with Crippen molar-refractivity contribution in [3.05, 3.63) is 29.8 Å². The van der Waals surface area contributed by atoms with Gasteiger partial charge in [-0.25, -0.2) is 8.42 Å². The minimum absolute atomic E-state index is 0.0671. The highest BCUT2D eigenvalue weighted by Crippen LogP contribution is 2.37. The van der Waals surface area contributed by atoms with E-state index in [4.69, 9.17) is 0 Å². The standard InChI is InChI=1S/C19H27NO3S/c1-3-14-4-8-16(9-5-14)20(17-10-11-17)19(21)15-6-12-18(13-7-15)24(2,22)23/h6-7,12-14,16-17H,3-5,8-11H2,1-2H3. The number of amides is 1. The van der Waals surface area contributed by atoms with Gasteiger partial charge in [-0.15, -0.1) is 0 Å². The third-order valence-corrected chi connectivity index (χ3v) is 6.62. The fourth-order valence-electron chi connectivity index (χ4n) is 3.81. The van der Waals surface area contributed by atoms with Gasteiger partial charge in [0.1, 0.15) is 0 Å². The number of carbonyl (C=O) groups is 1. The van der Waals surface area contributed by atoms with Crippen LogP contribution < -0.4 is 0 Å². The molecule has 1 aromatic carbocycles. The van der Waals surface area contributed by atoms with Gasteiger partial charge in [0.15, 0.2) is 9.84 Å². The van der Waals surface area contributed by atoms with E-state index in [-0.39, 0.29) is 10.8 Å². The lowest BCUT2D eigenvalue weighted by Crippen LogP contribution is -2.43. The highest BCUT2D eigenvalue weighted by atomic mass is 32.2. The van der Waals surface area contributed by atoms with Gasteiger partial charge >= 0.3 is 0 Å². The summed E-state index contributed by atoms with van der Waals surface area (Å²) >= 11 is 0. The van der Waals surface area contributed by atoms with E-state index in [0.29, 0.717) is 17.6 Å². The third kappa shape index (κ3) is 3.82. The van der Waals surface area contributed by atoms with E-state index in [0.717, 1.165) is 31.6 Å². The number of rotatable bonds is 5. The van der Waals surface area contributed by atoms with Crippen molar-refractivity contribution in [2.24, 2.45) is 5.92 Å². The van der Waals surface area contributed by atoms with Crippen molar-refractivity contribution < 1.29 is 13.2 Å². The largest absolute Gasteiger partial charge is 0.333 e. The summed E-state index contributed by atoms with van der Waals surface area (Å²) in [6.45, 7) is 2.25. The second kappa shape index (κ2) is 6.87. The minimum Gasteiger partial charge on any atom is -0.333 e. The lowest BCUT2D eigenvalue weighted by Gasteiger charge is -2.37. The van der Waals surface area contributed by atoms with Crippen LogP contribution in [0.2, 0.25) is 0 Å². The van der Waals surface area contributed by atoms with Gasteiger partial charge in [0.25, 0.3) is 5.91 Å². The molecule has 2 fully saturated rings. The van der Waals surface area contributed by atoms with Crippen LogP contribution in [0.3, 0.4) is 0 Å². The van der Waals surface area contributed by atoms with Crippen LogP contribution in [-0.4, -0.2) is 37.6 Å². The summed E-state index contributed by atoms with van der Waals surface area (Å²) < 4.78 is 23.2. The number of sulfone groups is 1. The first-order valence-corrected chi connectivity index (χ1v) is 10.9. The molecule has 24 heavy (non-hydrogen) atoms. The molecule has 1 amide bonds. The van der Waals surface area contributed by atoms with Crippen molar-refractivity contribution >= 4 is 15.7 Å². The molecule has 0 heterocycles. The fourth-order valence-corrected chi connectivity index (χ4v) is 4.44. The molecule has 0 aliphatic heterocycles. The highest BCUT2D eigenvalue weighted by Gasteiger charge is 2.38. The Labute approximate surface area is 145 Å². The topological polar surface area (TPSA) is 54.5 Å². The molecule has 0 spiro atoms. The molecular weight excluding hydrogens is 322 g/mol. The van der Waals surface area contributed by atoms with Gasteiger partial charge in [-0.3, -0.25) is 4.79 Å². The molecule has 2 aliphatic rings. The van der Waals surface area contributed by atoms with Crippen LogP contribution in [0, 0.1) is 5.92 Å². The number of nitrogens with zero attached hydrogens (tertiary/aromatic N) is 1. The molecule has 0 atom stereocenters. The molecule has 2 aliphatic carbocycles. The van der Waals surface area contributed by atoms with Crippen LogP contribution in [0.5, 0.6) is 0 Å². The number of benzene rings is 1. The van der Waals surface area contributed by atoms with Crippen molar-refractivity contribution in [1.29, 1.82) is 0 Å². The Morgan fingerprint density at radius 3 is 1.92 bits per heavy atom. The quantitative estimate of drug-likeness (QED) is 0.815. The summed E-state index contributed by atoms with van der Waals surface area (Å²) in [4.78, 5) is 15.4. The second-order valence-corrected chi connectivity index (χ2v) is 9.34. The predicted molar refractivity (Wildman–Crippen MR) is 94.8 cm³/mol. The molecule has 0 aromatic heterocycles. The van der Waals surface area contributed by atoms with Crippen molar-refractivity contribution in [2.75, 3.05) is 6.26 Å². The minimum atomic E-state index is -3.22. The maximum absolute atomic E-state index is 13.0. The van der Waals surface area contributed by atoms with Crippen molar-refractivity contribution in [3.63, 3.8) is 0 Å². The zero-order chi connectivity index (χ0) is 17.3. The van der Waals surface area contributed by atoms with Gasteiger partial charge in [0.05, 0.1) is 4.90 Å². The van der Waals surface area contributed by atoms with Crippen molar-refractivity contribution in [2.45, 2.75) is 68.8 Å². The van der Waals surface area contributed by atoms with Crippen LogP contribution in [0.15, 0.2) is 29.2 Å². The molecule has 132 valence electrons. The van der Waals surface area contributed by atoms with E-state index in [9.17, 15) is 13.2 Å². The van der Waals surface area contributed by atoms with E-state index >= 15 is 0 Å². The Hall–Kier alpha value is -1.36. The molecule has 4 nitrogen and oxygen atoms in total. The van der Waals surface area contributed by atoms with Gasteiger partial charge < -0.3 is 4.90 Å². The lowest BCUT2D eigenvalue weighted by atomic mass is 9.83. The molecule has 2 saturated carbocycles. The van der Waals surface area contributed by atoms with Gasteiger partial charge in [-0.1, -0.05) is 13.3 Å². The predicted octanol–water partition coefficient (Wildman–Crippen LogP) is 3.66. The van der Waals surface area contributed by atoms with Gasteiger partial charge in [0.2, 0.25) is 0 Å². The first kappa shape index (κ1) is 17.5. The van der Waals surface area contributed by atoms with E-state index < -0.39 is 9.84 Å². The van der Waals surface area contributed by atoms with Crippen LogP contribution in [-0.2, 0) is 9.84 Å². The summed E-state index contributed by atoms with van der Waals surface area (Å²) in [6.07, 6.45) is 9.24. The third-order valence-electron chi connectivity index (χ3n) is 5.49. The van der Waals surface area contributed by atoms with Crippen molar-refractivity contribution in [1.82, 2.24) is 4.90 Å². The van der Waals surface area contributed by atoms with Crippen molar-refractivity contribution in [3.8, 4) is 0 Å². The average Bonchev–Trinajstić information content (AvgIpc) is 3.40. The molecule has 0 N–H and O–H groups in total. The smallest absolute Gasteiger partial charge is 0.254 e. The van der Waals surface area contributed by atoms with Gasteiger partial charge in [-0.05, 0) is 68.7 Å². The summed E-state index contributed by atoms with van der Waals surface area (Å²) in [5.74, 6) is 0.879. The fraction of sp³-hybridized carbons (Fsp3) is 0.632. The Kier molecular flexibility index (Phi) is 5.00. The van der Waals surface area contributed by atoms with Gasteiger partial charge in [0, 0.05) is 23.9 Å². The first-order chi connectivity index (χ1) is 11.4. The second-order valence-electron chi connectivity index (χ2n) is 7.32. The van der Waals surface area contributed by atoms with E-state index in [2.05, 4.69) is 11.8 Å². The molecule has 1 aromatic rings. The maximum Gasteiger partial charge on any atom is 0.254 e. The van der Waals surface area contributed by atoms with Crippen LogP contribution in [0.1, 0.15) is 62.2 Å². The first-order valence-electron chi connectivity index (χ1n) is 9.03. The molecular formula is C19H27NO3S. The highest BCUT2D eigenvalue weighted by molar-refractivity contribution is 7.90. The summed E-state index contributed by atoms with van der Waals surface area (Å²) in [5.41, 5.74) is 0.604. The number of carbonyl (C=O) groups excluding carboxylic acids is 1. The monoisotopic (exact) mass is 349 g/mol. The number of hydrogen-bond donors (Lipinski definition) is 0. The van der Waals surface area contributed by atoms with E-state index in [1.54, 1.807) is 24.3 Å². The maximum atomic E-state index is 13.0. The molecule has 3 rings (SSSR count). The summed E-state index contributed by atoms with van der Waals surface area (Å²) in [7, 11) is -3.22. The zero-order valence-corrected chi connectivity index (χ0v) is 15.4. The van der Waals surface area contributed by atoms with E-state index in [1.165, 1.54) is 25.5 Å². The Balaban J connectivity index is 1.75.